The van der Waals surface area contributed by atoms with E-state index in [1.165, 1.54) is 22.1 Å². The molecule has 6 rings (SSSR count). The van der Waals surface area contributed by atoms with Crippen LogP contribution in [0.3, 0.4) is 0 Å². The van der Waals surface area contributed by atoms with Crippen molar-refractivity contribution >= 4 is 27.5 Å². The number of nitrogens with zero attached hydrogens (tertiary/aromatic N) is 6. The Morgan fingerprint density at radius 2 is 1.69 bits per heavy atom. The maximum absolute atomic E-state index is 14.1. The highest BCUT2D eigenvalue weighted by atomic mass is 32.2. The molecule has 0 radical (unpaired) electrons. The maximum Gasteiger partial charge on any atom is 0.417 e. The summed E-state index contributed by atoms with van der Waals surface area (Å²) in [4.78, 5) is 6.84. The van der Waals surface area contributed by atoms with E-state index in [0.717, 1.165) is 69.0 Å². The molecule has 262 valence electrons. The smallest absolute Gasteiger partial charge is 0.390 e. The van der Waals surface area contributed by atoms with Gasteiger partial charge in [-0.1, -0.05) is 24.3 Å². The molecular formula is C33H43F3N6O4S2. The number of β-amino-alcohol motifs (C(OH)–C–C–N with tert-alkyl or cyclic N) is 1. The van der Waals surface area contributed by atoms with Crippen molar-refractivity contribution in [1.82, 2.24) is 23.9 Å². The van der Waals surface area contributed by atoms with Crippen molar-refractivity contribution in [1.29, 1.82) is 0 Å². The Labute approximate surface area is 284 Å². The Morgan fingerprint density at radius 1 is 0.958 bits per heavy atom. The number of para-hydroxylation sites is 1. The van der Waals surface area contributed by atoms with Gasteiger partial charge in [-0.15, -0.1) is 11.8 Å². The first-order chi connectivity index (χ1) is 23.0. The van der Waals surface area contributed by atoms with Gasteiger partial charge in [0.15, 0.2) is 0 Å². The van der Waals surface area contributed by atoms with Gasteiger partial charge in [0, 0.05) is 105 Å². The van der Waals surface area contributed by atoms with Crippen molar-refractivity contribution in [2.75, 3.05) is 89.0 Å². The SMILES string of the molecule is CS(=O)(=O)N1CCc2c(c(-c3ccc(C(F)(F)F)c(SCCN4CCOCC4)c3)nn2CC(O)CN2CCN(c3ccccc3)CC2)C1. The predicted octanol–water partition coefficient (Wildman–Crippen LogP) is 3.49. The molecule has 15 heteroatoms. The highest BCUT2D eigenvalue weighted by molar-refractivity contribution is 7.99. The summed E-state index contributed by atoms with van der Waals surface area (Å²) in [6.07, 6.45) is -3.72. The van der Waals surface area contributed by atoms with Crippen LogP contribution in [0.5, 0.6) is 0 Å². The van der Waals surface area contributed by atoms with Crippen molar-refractivity contribution in [3.8, 4) is 11.3 Å². The summed E-state index contributed by atoms with van der Waals surface area (Å²) in [7, 11) is -3.51. The van der Waals surface area contributed by atoms with E-state index in [2.05, 4.69) is 26.8 Å². The summed E-state index contributed by atoms with van der Waals surface area (Å²) < 4.78 is 75.9. The second-order valence-corrected chi connectivity index (χ2v) is 15.7. The van der Waals surface area contributed by atoms with Gasteiger partial charge in [0.25, 0.3) is 0 Å². The van der Waals surface area contributed by atoms with Crippen molar-refractivity contribution in [2.45, 2.75) is 36.7 Å². The first-order valence-corrected chi connectivity index (χ1v) is 19.2. The highest BCUT2D eigenvalue weighted by Crippen LogP contribution is 2.40. The van der Waals surface area contributed by atoms with Crippen LogP contribution in [0.1, 0.15) is 16.8 Å². The fraction of sp³-hybridized carbons (Fsp3) is 0.545. The molecule has 3 aliphatic heterocycles. The monoisotopic (exact) mass is 708 g/mol. The summed E-state index contributed by atoms with van der Waals surface area (Å²) in [6.45, 7) is 7.66. The van der Waals surface area contributed by atoms with Gasteiger partial charge in [-0.2, -0.15) is 22.6 Å². The van der Waals surface area contributed by atoms with Gasteiger partial charge in [-0.05, 0) is 24.3 Å². The lowest BCUT2D eigenvalue weighted by atomic mass is 10.0. The van der Waals surface area contributed by atoms with Gasteiger partial charge in [0.05, 0.1) is 43.4 Å². The molecule has 1 atom stereocenters. The fourth-order valence-electron chi connectivity index (χ4n) is 6.65. The minimum atomic E-state index is -4.53. The second kappa shape index (κ2) is 15.1. The van der Waals surface area contributed by atoms with Crippen LogP contribution in [0.4, 0.5) is 18.9 Å². The predicted molar refractivity (Wildman–Crippen MR) is 181 cm³/mol. The Bertz CT molecular complexity index is 1640. The first kappa shape index (κ1) is 35.2. The van der Waals surface area contributed by atoms with E-state index < -0.39 is 27.9 Å². The number of sulfonamides is 1. The summed E-state index contributed by atoms with van der Waals surface area (Å²) in [5, 5.41) is 16.1. The second-order valence-electron chi connectivity index (χ2n) is 12.6. The maximum atomic E-state index is 14.1. The summed E-state index contributed by atoms with van der Waals surface area (Å²) in [6, 6.07) is 14.3. The molecule has 0 spiro atoms. The number of morpholine rings is 1. The Morgan fingerprint density at radius 3 is 2.38 bits per heavy atom. The summed E-state index contributed by atoms with van der Waals surface area (Å²) >= 11 is 1.16. The van der Waals surface area contributed by atoms with E-state index in [4.69, 9.17) is 9.84 Å². The largest absolute Gasteiger partial charge is 0.417 e. The molecule has 3 aromatic rings. The number of hydrogen-bond acceptors (Lipinski definition) is 9. The van der Waals surface area contributed by atoms with E-state index in [0.29, 0.717) is 55.3 Å². The molecule has 0 saturated carbocycles. The van der Waals surface area contributed by atoms with Crippen LogP contribution in [0.25, 0.3) is 11.3 Å². The number of rotatable bonds is 11. The summed E-state index contributed by atoms with van der Waals surface area (Å²) in [5.41, 5.74) is 2.89. The van der Waals surface area contributed by atoms with Gasteiger partial charge < -0.3 is 14.7 Å². The van der Waals surface area contributed by atoms with Gasteiger partial charge >= 0.3 is 6.18 Å². The number of thioether (sulfide) groups is 1. The normalized spacial score (nSPS) is 19.4. The highest BCUT2D eigenvalue weighted by Gasteiger charge is 2.35. The molecule has 0 bridgehead atoms. The molecular weight excluding hydrogens is 666 g/mol. The van der Waals surface area contributed by atoms with E-state index in [-0.39, 0.29) is 24.5 Å². The minimum Gasteiger partial charge on any atom is -0.390 e. The number of ether oxygens (including phenoxy) is 1. The van der Waals surface area contributed by atoms with Crippen molar-refractivity contribution in [3.63, 3.8) is 0 Å². The van der Waals surface area contributed by atoms with Crippen LogP contribution in [0.2, 0.25) is 0 Å². The molecule has 1 aromatic heterocycles. The van der Waals surface area contributed by atoms with Gasteiger partial charge in [-0.3, -0.25) is 14.5 Å². The van der Waals surface area contributed by atoms with Crippen molar-refractivity contribution < 1.29 is 31.4 Å². The Balaban J connectivity index is 1.21. The lowest BCUT2D eigenvalue weighted by Crippen LogP contribution is -2.49. The molecule has 2 aromatic carbocycles. The molecule has 3 aliphatic rings. The van der Waals surface area contributed by atoms with Crippen molar-refractivity contribution in [3.05, 3.63) is 65.4 Å². The lowest BCUT2D eigenvalue weighted by molar-refractivity contribution is -0.139. The van der Waals surface area contributed by atoms with E-state index in [9.17, 15) is 26.7 Å². The number of halogens is 3. The number of aliphatic hydroxyl groups is 1. The zero-order chi connectivity index (χ0) is 33.9. The molecule has 1 unspecified atom stereocenters. The molecule has 0 aliphatic carbocycles. The molecule has 2 fully saturated rings. The van der Waals surface area contributed by atoms with Crippen molar-refractivity contribution in [2.24, 2.45) is 0 Å². The number of anilines is 1. The quantitative estimate of drug-likeness (QED) is 0.301. The van der Waals surface area contributed by atoms with Crippen LogP contribution < -0.4 is 4.90 Å². The standard InChI is InChI=1S/C33H43F3N6O4S2/c1-48(44,45)41-10-9-30-28(24-41)32(25-7-8-29(33(34,35)36)31(21-25)47-20-17-38-15-18-46-19-16-38)37-42(30)23-27(43)22-39-11-13-40(14-12-39)26-5-3-2-4-6-26/h2-8,21,27,43H,9-20,22-24H2,1H3. The number of aromatic nitrogens is 2. The average Bonchev–Trinajstić information content (AvgIpc) is 3.42. The third-order valence-corrected chi connectivity index (χ3v) is 11.5. The number of aliphatic hydroxyl groups excluding tert-OH is 1. The van der Waals surface area contributed by atoms with Crippen LogP contribution in [-0.4, -0.2) is 128 Å². The van der Waals surface area contributed by atoms with Crippen LogP contribution in [0, 0.1) is 0 Å². The zero-order valence-electron chi connectivity index (χ0n) is 27.1. The van der Waals surface area contributed by atoms with Gasteiger partial charge in [0.1, 0.15) is 0 Å². The van der Waals surface area contributed by atoms with Gasteiger partial charge in [-0.25, -0.2) is 8.42 Å². The van der Waals surface area contributed by atoms with Crippen LogP contribution in [0.15, 0.2) is 53.4 Å². The molecule has 1 N–H and O–H groups in total. The van der Waals surface area contributed by atoms with Gasteiger partial charge in [0.2, 0.25) is 10.0 Å². The van der Waals surface area contributed by atoms with E-state index in [1.54, 1.807) is 4.68 Å². The fourth-order valence-corrected chi connectivity index (χ4v) is 8.55. The zero-order valence-corrected chi connectivity index (χ0v) is 28.7. The molecule has 2 saturated heterocycles. The number of fused-ring (bicyclic) bond motifs is 1. The van der Waals surface area contributed by atoms with Crippen LogP contribution in [-0.2, 0) is 40.4 Å². The third kappa shape index (κ3) is 8.55. The topological polar surface area (TPSA) is 94.4 Å². The lowest BCUT2D eigenvalue weighted by Gasteiger charge is -2.37. The van der Waals surface area contributed by atoms with Crippen LogP contribution >= 0.6 is 11.8 Å². The van der Waals surface area contributed by atoms with E-state index in [1.807, 2.05) is 18.2 Å². The number of alkyl halides is 3. The molecule has 0 amide bonds. The number of piperazine rings is 1. The van der Waals surface area contributed by atoms with E-state index >= 15 is 0 Å². The molecule has 48 heavy (non-hydrogen) atoms. The summed E-state index contributed by atoms with van der Waals surface area (Å²) in [5.74, 6) is 0.479. The Hall–Kier alpha value is -2.66. The molecule has 4 heterocycles. The third-order valence-electron chi connectivity index (χ3n) is 9.24. The molecule has 10 nitrogen and oxygen atoms in total. The number of benzene rings is 2. The average molecular weight is 709 g/mol. The Kier molecular flexibility index (Phi) is 11.0. The first-order valence-electron chi connectivity index (χ1n) is 16.3. The number of hydrogen-bond donors (Lipinski definition) is 1. The minimum absolute atomic E-state index is 0.0710.